The predicted octanol–water partition coefficient (Wildman–Crippen LogP) is 12.6. The zero-order chi connectivity index (χ0) is 31.6. The Balaban J connectivity index is 1.04. The second-order valence-corrected chi connectivity index (χ2v) is 12.4. The van der Waals surface area contributed by atoms with Crippen LogP contribution in [0.2, 0.25) is 0 Å². The van der Waals surface area contributed by atoms with Gasteiger partial charge in [-0.15, -0.1) is 0 Å². The molecule has 7 aromatic carbocycles. The van der Waals surface area contributed by atoms with Crippen LogP contribution < -0.4 is 4.90 Å². The number of anilines is 3. The van der Waals surface area contributed by atoms with E-state index in [9.17, 15) is 0 Å². The highest BCUT2D eigenvalue weighted by atomic mass is 16.3. The molecule has 2 aromatic heterocycles. The lowest BCUT2D eigenvalue weighted by Crippen LogP contribution is -2.10. The largest absolute Gasteiger partial charge is 0.455 e. The van der Waals surface area contributed by atoms with Gasteiger partial charge < -0.3 is 9.32 Å². The van der Waals surface area contributed by atoms with E-state index < -0.39 is 0 Å². The number of fused-ring (bicyclic) bond motifs is 6. The SMILES string of the molecule is c1cncc(N(c2ccc(-c3ccc4c5c(cccc35)-c3ccccc3-4)cc2)c2ccc(-c3cccc4c3oc3ccccc34)cc2)c1. The molecule has 0 aliphatic heterocycles. The number of para-hydroxylation sites is 2. The van der Waals surface area contributed by atoms with E-state index in [4.69, 9.17) is 4.42 Å². The first-order valence-electron chi connectivity index (χ1n) is 16.3. The summed E-state index contributed by atoms with van der Waals surface area (Å²) in [5.74, 6) is 0. The maximum Gasteiger partial charge on any atom is 0.143 e. The van der Waals surface area contributed by atoms with Crippen LogP contribution >= 0.6 is 0 Å². The first-order chi connectivity index (χ1) is 23.8. The highest BCUT2D eigenvalue weighted by Crippen LogP contribution is 2.49. The summed E-state index contributed by atoms with van der Waals surface area (Å²) in [6.07, 6.45) is 3.73. The molecule has 9 aromatic rings. The van der Waals surface area contributed by atoms with Gasteiger partial charge in [0.1, 0.15) is 11.2 Å². The topological polar surface area (TPSA) is 29.3 Å². The second kappa shape index (κ2) is 10.5. The monoisotopic (exact) mass is 612 g/mol. The maximum atomic E-state index is 6.34. The molecule has 0 amide bonds. The summed E-state index contributed by atoms with van der Waals surface area (Å²) in [4.78, 5) is 6.72. The minimum absolute atomic E-state index is 0.907. The van der Waals surface area contributed by atoms with Gasteiger partial charge in [0.25, 0.3) is 0 Å². The van der Waals surface area contributed by atoms with Crippen molar-refractivity contribution in [3.8, 4) is 44.5 Å². The average molecular weight is 613 g/mol. The molecule has 10 rings (SSSR count). The molecular weight excluding hydrogens is 585 g/mol. The van der Waals surface area contributed by atoms with Gasteiger partial charge in [0.15, 0.2) is 0 Å². The van der Waals surface area contributed by atoms with E-state index in [1.165, 1.54) is 44.2 Å². The van der Waals surface area contributed by atoms with Gasteiger partial charge in [0.2, 0.25) is 0 Å². The van der Waals surface area contributed by atoms with Crippen LogP contribution in [0.4, 0.5) is 17.1 Å². The van der Waals surface area contributed by atoms with Crippen LogP contribution in [0.3, 0.4) is 0 Å². The van der Waals surface area contributed by atoms with Crippen molar-refractivity contribution < 1.29 is 4.42 Å². The summed E-state index contributed by atoms with van der Waals surface area (Å²) in [7, 11) is 0. The Bertz CT molecular complexity index is 2620. The van der Waals surface area contributed by atoms with Gasteiger partial charge in [-0.05, 0) is 92.2 Å². The highest BCUT2D eigenvalue weighted by molar-refractivity contribution is 6.18. The number of hydrogen-bond acceptors (Lipinski definition) is 3. The lowest BCUT2D eigenvalue weighted by molar-refractivity contribution is 0.670. The smallest absolute Gasteiger partial charge is 0.143 e. The summed E-state index contributed by atoms with van der Waals surface area (Å²) < 4.78 is 6.34. The number of furan rings is 1. The molecule has 48 heavy (non-hydrogen) atoms. The summed E-state index contributed by atoms with van der Waals surface area (Å²) in [5, 5.41) is 4.90. The zero-order valence-corrected chi connectivity index (χ0v) is 26.0. The third kappa shape index (κ3) is 4.04. The molecule has 0 fully saturated rings. The molecule has 3 heteroatoms. The van der Waals surface area contributed by atoms with Crippen molar-refractivity contribution in [1.82, 2.24) is 4.98 Å². The molecule has 0 bridgehead atoms. The minimum atomic E-state index is 0.907. The Labute approximate surface area is 278 Å². The summed E-state index contributed by atoms with van der Waals surface area (Å²) in [6, 6.07) is 56.3. The van der Waals surface area contributed by atoms with Gasteiger partial charge in [0, 0.05) is 33.9 Å². The number of aromatic nitrogens is 1. The lowest BCUT2D eigenvalue weighted by Gasteiger charge is -2.25. The van der Waals surface area contributed by atoms with Crippen molar-refractivity contribution in [3.05, 3.63) is 170 Å². The van der Waals surface area contributed by atoms with Crippen molar-refractivity contribution >= 4 is 49.8 Å². The van der Waals surface area contributed by atoms with Gasteiger partial charge in [-0.1, -0.05) is 115 Å². The number of benzene rings is 7. The average Bonchev–Trinajstić information content (AvgIpc) is 3.70. The summed E-state index contributed by atoms with van der Waals surface area (Å²) >= 11 is 0. The van der Waals surface area contributed by atoms with Crippen LogP contribution in [0.1, 0.15) is 0 Å². The normalized spacial score (nSPS) is 11.8. The lowest BCUT2D eigenvalue weighted by atomic mass is 9.94. The van der Waals surface area contributed by atoms with Crippen molar-refractivity contribution in [2.24, 2.45) is 0 Å². The third-order valence-corrected chi connectivity index (χ3v) is 9.73. The van der Waals surface area contributed by atoms with Crippen LogP contribution in [0, 0.1) is 0 Å². The minimum Gasteiger partial charge on any atom is -0.455 e. The van der Waals surface area contributed by atoms with E-state index in [2.05, 4.69) is 149 Å². The predicted molar refractivity (Wildman–Crippen MR) is 199 cm³/mol. The van der Waals surface area contributed by atoms with Gasteiger partial charge in [0.05, 0.1) is 11.9 Å². The number of rotatable bonds is 5. The van der Waals surface area contributed by atoms with E-state index in [0.717, 1.165) is 50.1 Å². The van der Waals surface area contributed by atoms with E-state index in [0.29, 0.717) is 0 Å². The molecule has 1 aliphatic carbocycles. The van der Waals surface area contributed by atoms with Crippen LogP contribution in [0.15, 0.2) is 175 Å². The summed E-state index contributed by atoms with van der Waals surface area (Å²) in [6.45, 7) is 0. The Kier molecular flexibility index (Phi) is 5.87. The maximum absolute atomic E-state index is 6.34. The highest BCUT2D eigenvalue weighted by Gasteiger charge is 2.22. The molecule has 3 nitrogen and oxygen atoms in total. The third-order valence-electron chi connectivity index (χ3n) is 9.73. The molecule has 0 spiro atoms. The fraction of sp³-hybridized carbons (Fsp3) is 0. The fourth-order valence-electron chi connectivity index (χ4n) is 7.55. The van der Waals surface area contributed by atoms with Crippen LogP contribution in [0.5, 0.6) is 0 Å². The van der Waals surface area contributed by atoms with Gasteiger partial charge in [-0.3, -0.25) is 4.98 Å². The van der Waals surface area contributed by atoms with Gasteiger partial charge in [-0.2, -0.15) is 0 Å². The molecule has 1 aliphatic rings. The van der Waals surface area contributed by atoms with E-state index in [-0.39, 0.29) is 0 Å². The first kappa shape index (κ1) is 26.7. The Morgan fingerprint density at radius 2 is 0.979 bits per heavy atom. The molecule has 0 unspecified atom stereocenters. The molecule has 0 saturated carbocycles. The molecule has 0 atom stereocenters. The van der Waals surface area contributed by atoms with E-state index in [1.54, 1.807) is 0 Å². The molecule has 0 N–H and O–H groups in total. The van der Waals surface area contributed by atoms with Crippen molar-refractivity contribution in [2.45, 2.75) is 0 Å². The second-order valence-electron chi connectivity index (χ2n) is 12.4. The van der Waals surface area contributed by atoms with Crippen molar-refractivity contribution in [3.63, 3.8) is 0 Å². The summed E-state index contributed by atoms with van der Waals surface area (Å²) in [5.41, 5.74) is 14.8. The van der Waals surface area contributed by atoms with E-state index in [1.807, 2.05) is 30.6 Å². The van der Waals surface area contributed by atoms with Crippen LogP contribution in [-0.2, 0) is 0 Å². The standard InChI is InChI=1S/C45H28N2O/c1-2-10-37-36(9-1)40-14-6-13-39-34(25-26-41(37)44(39)40)29-17-21-31(22-18-29)47(33-8-7-27-46-28-33)32-23-19-30(20-24-32)35-12-5-15-42-38-11-3-4-16-43(38)48-45(35)42/h1-28H. The van der Waals surface area contributed by atoms with Gasteiger partial charge >= 0.3 is 0 Å². The Morgan fingerprint density at radius 1 is 0.396 bits per heavy atom. The van der Waals surface area contributed by atoms with Gasteiger partial charge in [-0.25, -0.2) is 0 Å². The number of nitrogens with zero attached hydrogens (tertiary/aromatic N) is 2. The molecule has 224 valence electrons. The Morgan fingerprint density at radius 3 is 1.71 bits per heavy atom. The number of hydrogen-bond donors (Lipinski definition) is 0. The van der Waals surface area contributed by atoms with Crippen molar-refractivity contribution in [1.29, 1.82) is 0 Å². The Hall–Kier alpha value is -6.45. The van der Waals surface area contributed by atoms with Crippen molar-refractivity contribution in [2.75, 3.05) is 4.90 Å². The molecule has 2 heterocycles. The molecule has 0 radical (unpaired) electrons. The fourth-order valence-corrected chi connectivity index (χ4v) is 7.55. The molecule has 0 saturated heterocycles. The molecular formula is C45H28N2O. The first-order valence-corrected chi connectivity index (χ1v) is 16.3. The quantitative estimate of drug-likeness (QED) is 0.194. The van der Waals surface area contributed by atoms with E-state index >= 15 is 0 Å². The van der Waals surface area contributed by atoms with Crippen LogP contribution in [0.25, 0.3) is 77.2 Å². The van der Waals surface area contributed by atoms with Crippen LogP contribution in [-0.4, -0.2) is 4.98 Å². The zero-order valence-electron chi connectivity index (χ0n) is 26.0. The number of pyridine rings is 1.